The molecule has 3 N–H and O–H groups in total. The van der Waals surface area contributed by atoms with Crippen molar-refractivity contribution >= 4 is 28.2 Å². The third-order valence-electron chi connectivity index (χ3n) is 3.27. The number of nitrogens with two attached hydrogens (primary N) is 1. The number of aromatic nitrogens is 2. The molecule has 3 aromatic rings. The van der Waals surface area contributed by atoms with Crippen LogP contribution in [0.4, 0.5) is 10.9 Å². The Labute approximate surface area is 138 Å². The summed E-state index contributed by atoms with van der Waals surface area (Å²) in [6.45, 7) is 2.01. The van der Waals surface area contributed by atoms with Crippen molar-refractivity contribution in [3.8, 4) is 11.3 Å². The number of thiazole rings is 1. The number of carbonyl (C=O) groups is 1. The van der Waals surface area contributed by atoms with Gasteiger partial charge in [0.05, 0.1) is 12.1 Å². The molecule has 0 spiro atoms. The van der Waals surface area contributed by atoms with Gasteiger partial charge in [-0.15, -0.1) is 11.3 Å². The van der Waals surface area contributed by atoms with Gasteiger partial charge in [-0.1, -0.05) is 29.8 Å². The summed E-state index contributed by atoms with van der Waals surface area (Å²) < 4.78 is 0. The number of rotatable bonds is 4. The molecular formula is C17H16N4OS. The van der Waals surface area contributed by atoms with E-state index in [0.29, 0.717) is 17.4 Å². The number of aryl methyl sites for hydroxylation is 1. The number of nitrogens with zero attached hydrogens (tertiary/aromatic N) is 2. The summed E-state index contributed by atoms with van der Waals surface area (Å²) in [6.07, 6.45) is 1.97. The van der Waals surface area contributed by atoms with E-state index in [4.69, 9.17) is 5.73 Å². The summed E-state index contributed by atoms with van der Waals surface area (Å²) >= 11 is 1.39. The van der Waals surface area contributed by atoms with Crippen molar-refractivity contribution in [1.29, 1.82) is 0 Å². The molecule has 2 heterocycles. The molecule has 0 fully saturated rings. The molecule has 5 nitrogen and oxygen atoms in total. The van der Waals surface area contributed by atoms with Crippen LogP contribution in [0.2, 0.25) is 0 Å². The van der Waals surface area contributed by atoms with Crippen LogP contribution in [0.15, 0.2) is 48.0 Å². The van der Waals surface area contributed by atoms with E-state index in [0.717, 1.165) is 22.4 Å². The first-order valence-electron chi connectivity index (χ1n) is 7.13. The highest BCUT2D eigenvalue weighted by Crippen LogP contribution is 2.25. The second kappa shape index (κ2) is 6.58. The Balaban J connectivity index is 1.68. The van der Waals surface area contributed by atoms with E-state index < -0.39 is 0 Å². The summed E-state index contributed by atoms with van der Waals surface area (Å²) in [7, 11) is 0. The van der Waals surface area contributed by atoms with E-state index in [-0.39, 0.29) is 5.91 Å². The second-order valence-electron chi connectivity index (χ2n) is 5.22. The number of hydrogen-bond donors (Lipinski definition) is 2. The van der Waals surface area contributed by atoms with Crippen LogP contribution < -0.4 is 11.1 Å². The molecule has 23 heavy (non-hydrogen) atoms. The summed E-state index contributed by atoms with van der Waals surface area (Å²) in [5.41, 5.74) is 9.46. The Morgan fingerprint density at radius 2 is 2.17 bits per heavy atom. The Morgan fingerprint density at radius 3 is 2.96 bits per heavy atom. The van der Waals surface area contributed by atoms with Gasteiger partial charge in [0.25, 0.3) is 0 Å². The van der Waals surface area contributed by atoms with Crippen molar-refractivity contribution in [1.82, 2.24) is 9.97 Å². The number of anilines is 2. The normalized spacial score (nSPS) is 10.5. The van der Waals surface area contributed by atoms with Gasteiger partial charge in [0.1, 0.15) is 5.82 Å². The predicted octanol–water partition coefficient (Wildman–Crippen LogP) is 3.28. The molecule has 0 saturated heterocycles. The molecule has 0 atom stereocenters. The number of nitrogens with one attached hydrogen (secondary N) is 1. The maximum atomic E-state index is 12.1. The Kier molecular flexibility index (Phi) is 4.34. The molecule has 0 bridgehead atoms. The summed E-state index contributed by atoms with van der Waals surface area (Å²) in [4.78, 5) is 20.5. The van der Waals surface area contributed by atoms with Gasteiger partial charge in [-0.3, -0.25) is 4.79 Å². The predicted molar refractivity (Wildman–Crippen MR) is 93.3 cm³/mol. The third-order valence-corrected chi connectivity index (χ3v) is 4.03. The van der Waals surface area contributed by atoms with Gasteiger partial charge in [0, 0.05) is 17.1 Å². The largest absolute Gasteiger partial charge is 0.384 e. The van der Waals surface area contributed by atoms with Gasteiger partial charge in [-0.05, 0) is 24.6 Å². The van der Waals surface area contributed by atoms with Gasteiger partial charge >= 0.3 is 0 Å². The van der Waals surface area contributed by atoms with Crippen LogP contribution in [0, 0.1) is 6.92 Å². The van der Waals surface area contributed by atoms with Crippen molar-refractivity contribution in [2.24, 2.45) is 0 Å². The molecule has 0 unspecified atom stereocenters. The first-order valence-corrected chi connectivity index (χ1v) is 8.01. The topological polar surface area (TPSA) is 80.9 Å². The quantitative estimate of drug-likeness (QED) is 0.772. The highest BCUT2D eigenvalue weighted by molar-refractivity contribution is 7.14. The third kappa shape index (κ3) is 3.92. The fourth-order valence-electron chi connectivity index (χ4n) is 2.24. The molecule has 2 aromatic heterocycles. The van der Waals surface area contributed by atoms with Crippen molar-refractivity contribution in [3.63, 3.8) is 0 Å². The Hall–Kier alpha value is -2.73. The fraction of sp³-hybridized carbons (Fsp3) is 0.118. The van der Waals surface area contributed by atoms with Crippen molar-refractivity contribution in [3.05, 3.63) is 59.1 Å². The smallest absolute Gasteiger partial charge is 0.230 e. The zero-order valence-electron chi connectivity index (χ0n) is 12.6. The summed E-state index contributed by atoms with van der Waals surface area (Å²) in [5, 5.41) is 5.30. The van der Waals surface area contributed by atoms with Crippen molar-refractivity contribution < 1.29 is 4.79 Å². The standard InChI is InChI=1S/C17H16N4OS/c1-11-3-2-4-12(7-11)8-16(22)21-17-20-14(10-23-17)13-5-6-19-15(18)9-13/h2-7,9-10H,8H2,1H3,(H2,18,19)(H,20,21,22). The average molecular weight is 324 g/mol. The van der Waals surface area contributed by atoms with Crippen LogP contribution in [0.3, 0.4) is 0 Å². The lowest BCUT2D eigenvalue weighted by atomic mass is 10.1. The fourth-order valence-corrected chi connectivity index (χ4v) is 2.98. The molecule has 0 aliphatic heterocycles. The molecule has 1 amide bonds. The maximum Gasteiger partial charge on any atom is 0.230 e. The summed E-state index contributed by atoms with van der Waals surface area (Å²) in [6, 6.07) is 11.5. The van der Waals surface area contributed by atoms with Crippen LogP contribution in [0.25, 0.3) is 11.3 Å². The Bertz CT molecular complexity index is 844. The zero-order chi connectivity index (χ0) is 16.2. The maximum absolute atomic E-state index is 12.1. The van der Waals surface area contributed by atoms with Gasteiger partial charge < -0.3 is 11.1 Å². The lowest BCUT2D eigenvalue weighted by molar-refractivity contribution is -0.115. The van der Waals surface area contributed by atoms with Crippen LogP contribution in [-0.4, -0.2) is 15.9 Å². The van der Waals surface area contributed by atoms with E-state index >= 15 is 0 Å². The van der Waals surface area contributed by atoms with Gasteiger partial charge in [0.2, 0.25) is 5.91 Å². The molecule has 0 saturated carbocycles. The minimum absolute atomic E-state index is 0.0780. The van der Waals surface area contributed by atoms with Gasteiger partial charge in [-0.25, -0.2) is 9.97 Å². The number of amides is 1. The van der Waals surface area contributed by atoms with E-state index in [1.807, 2.05) is 42.6 Å². The minimum atomic E-state index is -0.0780. The van der Waals surface area contributed by atoms with E-state index in [9.17, 15) is 4.79 Å². The van der Waals surface area contributed by atoms with Crippen LogP contribution >= 0.6 is 11.3 Å². The van der Waals surface area contributed by atoms with Crippen LogP contribution in [0.5, 0.6) is 0 Å². The van der Waals surface area contributed by atoms with Crippen molar-refractivity contribution in [2.75, 3.05) is 11.1 Å². The molecule has 0 aliphatic carbocycles. The van der Waals surface area contributed by atoms with E-state index in [1.54, 1.807) is 12.3 Å². The zero-order valence-corrected chi connectivity index (χ0v) is 13.4. The number of nitrogen functional groups attached to an aromatic ring is 1. The first-order chi connectivity index (χ1) is 11.1. The number of benzene rings is 1. The average Bonchev–Trinajstić information content (AvgIpc) is 2.95. The molecule has 116 valence electrons. The number of pyridine rings is 1. The highest BCUT2D eigenvalue weighted by Gasteiger charge is 2.09. The number of carbonyl (C=O) groups excluding carboxylic acids is 1. The van der Waals surface area contributed by atoms with Gasteiger partial charge in [-0.2, -0.15) is 0 Å². The molecule has 0 aliphatic rings. The van der Waals surface area contributed by atoms with Crippen LogP contribution in [0.1, 0.15) is 11.1 Å². The van der Waals surface area contributed by atoms with Crippen LogP contribution in [-0.2, 0) is 11.2 Å². The van der Waals surface area contributed by atoms with Gasteiger partial charge in [0.15, 0.2) is 5.13 Å². The lowest BCUT2D eigenvalue weighted by Crippen LogP contribution is -2.14. The monoisotopic (exact) mass is 324 g/mol. The first kappa shape index (κ1) is 15.2. The molecule has 1 aromatic carbocycles. The molecule has 0 radical (unpaired) electrons. The number of hydrogen-bond acceptors (Lipinski definition) is 5. The van der Waals surface area contributed by atoms with E-state index in [2.05, 4.69) is 15.3 Å². The van der Waals surface area contributed by atoms with Crippen molar-refractivity contribution in [2.45, 2.75) is 13.3 Å². The molecule has 3 rings (SSSR count). The highest BCUT2D eigenvalue weighted by atomic mass is 32.1. The SMILES string of the molecule is Cc1cccc(CC(=O)Nc2nc(-c3ccnc(N)c3)cs2)c1. The van der Waals surface area contributed by atoms with E-state index in [1.165, 1.54) is 11.3 Å². The Morgan fingerprint density at radius 1 is 1.30 bits per heavy atom. The molecular weight excluding hydrogens is 308 g/mol. The molecule has 6 heteroatoms. The summed E-state index contributed by atoms with van der Waals surface area (Å²) in [5.74, 6) is 0.367. The lowest BCUT2D eigenvalue weighted by Gasteiger charge is -2.03. The second-order valence-corrected chi connectivity index (χ2v) is 6.08. The minimum Gasteiger partial charge on any atom is -0.384 e.